The number of carbonyl (C=O) groups is 1. The van der Waals surface area contributed by atoms with E-state index in [1.54, 1.807) is 15.6 Å². The van der Waals surface area contributed by atoms with Crippen LogP contribution in [0.2, 0.25) is 0 Å². The van der Waals surface area contributed by atoms with E-state index in [0.717, 1.165) is 17.8 Å². The maximum Gasteiger partial charge on any atom is 0.238 e. The monoisotopic (exact) mass is 337 g/mol. The molecule has 1 unspecified atom stereocenters. The van der Waals surface area contributed by atoms with Crippen LogP contribution < -0.4 is 0 Å². The summed E-state index contributed by atoms with van der Waals surface area (Å²) in [6.07, 6.45) is 1.41. The van der Waals surface area contributed by atoms with Gasteiger partial charge in [-0.1, -0.05) is 12.1 Å². The lowest BCUT2D eigenvalue weighted by molar-refractivity contribution is -0.132. The lowest BCUT2D eigenvalue weighted by atomic mass is 10.0. The van der Waals surface area contributed by atoms with Crippen LogP contribution in [0.5, 0.6) is 0 Å². The number of carbonyl (C=O) groups excluding carboxylic acids is 1. The van der Waals surface area contributed by atoms with E-state index in [1.165, 1.54) is 6.07 Å². The van der Waals surface area contributed by atoms with Gasteiger partial charge in [0, 0.05) is 18.5 Å². The number of tetrazole rings is 1. The maximum absolute atomic E-state index is 14.1. The van der Waals surface area contributed by atoms with Crippen molar-refractivity contribution in [3.05, 3.63) is 41.0 Å². The van der Waals surface area contributed by atoms with Gasteiger partial charge in [0.1, 0.15) is 11.7 Å². The largest absolute Gasteiger partial charge is 0.332 e. The normalized spacial score (nSPS) is 16.9. The second-order valence-electron chi connectivity index (χ2n) is 5.66. The Bertz CT molecular complexity index is 699. The Morgan fingerprint density at radius 3 is 3.09 bits per heavy atom. The maximum atomic E-state index is 14.1. The second kappa shape index (κ2) is 6.62. The summed E-state index contributed by atoms with van der Waals surface area (Å²) in [5, 5.41) is 11.5. The van der Waals surface area contributed by atoms with E-state index in [-0.39, 0.29) is 30.2 Å². The number of aryl methyl sites for hydroxylation is 2. The molecule has 1 atom stereocenters. The summed E-state index contributed by atoms with van der Waals surface area (Å²) in [5.74, 6) is 0.153. The molecule has 0 spiro atoms. The van der Waals surface area contributed by atoms with Crippen LogP contribution in [0.25, 0.3) is 0 Å². The van der Waals surface area contributed by atoms with Gasteiger partial charge in [0.25, 0.3) is 0 Å². The van der Waals surface area contributed by atoms with Crippen LogP contribution in [-0.2, 0) is 24.3 Å². The molecular formula is C15H17ClFN5O. The molecule has 1 aromatic carbocycles. The number of benzene rings is 1. The molecule has 0 N–H and O–H groups in total. The molecular weight excluding hydrogens is 321 g/mol. The van der Waals surface area contributed by atoms with Crippen LogP contribution >= 0.6 is 11.6 Å². The topological polar surface area (TPSA) is 63.9 Å². The molecule has 6 nitrogen and oxygen atoms in total. The summed E-state index contributed by atoms with van der Waals surface area (Å²) in [6, 6.07) is 4.81. The van der Waals surface area contributed by atoms with Crippen molar-refractivity contribution in [2.45, 2.75) is 38.9 Å². The number of rotatable bonds is 4. The summed E-state index contributed by atoms with van der Waals surface area (Å²) in [4.78, 5) is 13.9. The van der Waals surface area contributed by atoms with Gasteiger partial charge in [-0.05, 0) is 35.4 Å². The fraction of sp³-hybridized carbons (Fsp3) is 0.467. The molecule has 8 heteroatoms. The first-order chi connectivity index (χ1) is 11.1. The zero-order valence-corrected chi connectivity index (χ0v) is 13.5. The van der Waals surface area contributed by atoms with Crippen molar-refractivity contribution in [3.8, 4) is 0 Å². The summed E-state index contributed by atoms with van der Waals surface area (Å²) in [5.41, 5.74) is 1.34. The predicted octanol–water partition coefficient (Wildman–Crippen LogP) is 1.70. The molecule has 0 saturated carbocycles. The number of aromatic nitrogens is 4. The summed E-state index contributed by atoms with van der Waals surface area (Å²) in [7, 11) is 0. The molecule has 122 valence electrons. The van der Waals surface area contributed by atoms with Crippen LogP contribution in [-0.4, -0.2) is 42.9 Å². The van der Waals surface area contributed by atoms with Crippen molar-refractivity contribution in [1.29, 1.82) is 0 Å². The van der Waals surface area contributed by atoms with Crippen molar-refractivity contribution < 1.29 is 9.18 Å². The first-order valence-corrected chi connectivity index (χ1v) is 7.98. The molecule has 0 radical (unpaired) electrons. The standard InChI is InChI=1S/C15H17ClFN5O/c1-10-3-2-4-13(17)12(10)9-21(15(23)7-16)11-5-6-14-18-19-20-22(14)8-11/h2-4,11H,5-9H2,1H3. The number of hydrogen-bond donors (Lipinski definition) is 0. The van der Waals surface area contributed by atoms with Crippen molar-refractivity contribution in [2.24, 2.45) is 0 Å². The van der Waals surface area contributed by atoms with Crippen LogP contribution in [0.3, 0.4) is 0 Å². The van der Waals surface area contributed by atoms with E-state index < -0.39 is 0 Å². The SMILES string of the molecule is Cc1cccc(F)c1CN(C(=O)CCl)C1CCc2nnnn2C1. The molecule has 0 fully saturated rings. The fourth-order valence-electron chi connectivity index (χ4n) is 2.92. The third kappa shape index (κ3) is 3.19. The lowest BCUT2D eigenvalue weighted by Gasteiger charge is -2.34. The lowest BCUT2D eigenvalue weighted by Crippen LogP contribution is -2.45. The third-order valence-corrected chi connectivity index (χ3v) is 4.48. The zero-order chi connectivity index (χ0) is 16.4. The summed E-state index contributed by atoms with van der Waals surface area (Å²) < 4.78 is 15.8. The molecule has 23 heavy (non-hydrogen) atoms. The van der Waals surface area contributed by atoms with Gasteiger partial charge in [-0.15, -0.1) is 16.7 Å². The van der Waals surface area contributed by atoms with E-state index >= 15 is 0 Å². The Morgan fingerprint density at radius 2 is 2.35 bits per heavy atom. The van der Waals surface area contributed by atoms with E-state index in [4.69, 9.17) is 11.6 Å². The average Bonchev–Trinajstić information content (AvgIpc) is 3.01. The Kier molecular flexibility index (Phi) is 4.56. The van der Waals surface area contributed by atoms with Gasteiger partial charge < -0.3 is 4.90 Å². The highest BCUT2D eigenvalue weighted by atomic mass is 35.5. The van der Waals surface area contributed by atoms with Crippen LogP contribution in [0.1, 0.15) is 23.4 Å². The smallest absolute Gasteiger partial charge is 0.238 e. The summed E-state index contributed by atoms with van der Waals surface area (Å²) in [6.45, 7) is 2.53. The van der Waals surface area contributed by atoms with Crippen molar-refractivity contribution in [3.63, 3.8) is 0 Å². The van der Waals surface area contributed by atoms with Gasteiger partial charge in [-0.25, -0.2) is 9.07 Å². The second-order valence-corrected chi connectivity index (χ2v) is 5.93. The first-order valence-electron chi connectivity index (χ1n) is 7.44. The number of nitrogens with zero attached hydrogens (tertiary/aromatic N) is 5. The van der Waals surface area contributed by atoms with Gasteiger partial charge in [0.2, 0.25) is 5.91 Å². The number of hydrogen-bond acceptors (Lipinski definition) is 4. The van der Waals surface area contributed by atoms with Crippen LogP contribution in [0.15, 0.2) is 18.2 Å². The molecule has 1 aliphatic rings. The van der Waals surface area contributed by atoms with E-state index in [9.17, 15) is 9.18 Å². The minimum atomic E-state index is -0.309. The minimum absolute atomic E-state index is 0.101. The van der Waals surface area contributed by atoms with Crippen LogP contribution in [0.4, 0.5) is 4.39 Å². The first kappa shape index (κ1) is 15.9. The Balaban J connectivity index is 1.86. The van der Waals surface area contributed by atoms with E-state index in [2.05, 4.69) is 15.5 Å². The predicted molar refractivity (Wildman–Crippen MR) is 82.3 cm³/mol. The van der Waals surface area contributed by atoms with E-state index in [1.807, 2.05) is 13.0 Å². The Morgan fingerprint density at radius 1 is 1.52 bits per heavy atom. The molecule has 1 aliphatic heterocycles. The zero-order valence-electron chi connectivity index (χ0n) is 12.7. The molecule has 2 heterocycles. The Hall–Kier alpha value is -2.02. The third-order valence-electron chi connectivity index (χ3n) is 4.25. The highest BCUT2D eigenvalue weighted by Gasteiger charge is 2.29. The molecule has 1 amide bonds. The van der Waals surface area contributed by atoms with Gasteiger partial charge in [0.15, 0.2) is 5.82 Å². The summed E-state index contributed by atoms with van der Waals surface area (Å²) >= 11 is 5.76. The molecule has 1 aromatic heterocycles. The fourth-order valence-corrected chi connectivity index (χ4v) is 3.07. The number of halogens is 2. The van der Waals surface area contributed by atoms with Gasteiger partial charge in [-0.3, -0.25) is 4.79 Å². The highest BCUT2D eigenvalue weighted by molar-refractivity contribution is 6.27. The van der Waals surface area contributed by atoms with Gasteiger partial charge in [-0.2, -0.15) is 0 Å². The molecule has 0 saturated heterocycles. The average molecular weight is 338 g/mol. The quantitative estimate of drug-likeness (QED) is 0.797. The van der Waals surface area contributed by atoms with E-state index in [0.29, 0.717) is 18.5 Å². The highest BCUT2D eigenvalue weighted by Crippen LogP contribution is 2.22. The minimum Gasteiger partial charge on any atom is -0.332 e. The van der Waals surface area contributed by atoms with Crippen molar-refractivity contribution >= 4 is 17.5 Å². The number of alkyl halides is 1. The Labute approximate surface area is 138 Å². The van der Waals surface area contributed by atoms with Crippen molar-refractivity contribution in [2.75, 3.05) is 5.88 Å². The molecule has 0 aliphatic carbocycles. The van der Waals surface area contributed by atoms with Gasteiger partial charge >= 0.3 is 0 Å². The molecule has 0 bridgehead atoms. The van der Waals surface area contributed by atoms with Crippen LogP contribution in [0, 0.1) is 12.7 Å². The molecule has 2 aromatic rings. The number of amides is 1. The van der Waals surface area contributed by atoms with Crippen molar-refractivity contribution in [1.82, 2.24) is 25.1 Å². The molecule has 3 rings (SSSR count). The number of fused-ring (bicyclic) bond motifs is 1. The van der Waals surface area contributed by atoms with Gasteiger partial charge in [0.05, 0.1) is 12.6 Å².